The fraction of sp³-hybridized carbons (Fsp3) is 0.286. The van der Waals surface area contributed by atoms with Crippen LogP contribution in [0.15, 0.2) is 51.7 Å². The van der Waals surface area contributed by atoms with Crippen LogP contribution in [0.5, 0.6) is 0 Å². The predicted octanol–water partition coefficient (Wildman–Crippen LogP) is 4.17. The lowest BCUT2D eigenvalue weighted by atomic mass is 10.3. The number of nitrogens with one attached hydrogen (secondary N) is 1. The molecule has 2 amide bonds. The van der Waals surface area contributed by atoms with Crippen LogP contribution in [0.1, 0.15) is 19.8 Å². The first-order valence-electron chi connectivity index (χ1n) is 9.50. The Hall–Kier alpha value is -2.77. The van der Waals surface area contributed by atoms with Gasteiger partial charge >= 0.3 is 5.76 Å². The number of oxazole rings is 1. The maximum atomic E-state index is 12.7. The Bertz CT molecular complexity index is 1120. The van der Waals surface area contributed by atoms with Crippen molar-refractivity contribution in [1.82, 2.24) is 9.47 Å². The molecule has 0 saturated heterocycles. The van der Waals surface area contributed by atoms with Gasteiger partial charge in [-0.25, -0.2) is 4.79 Å². The van der Waals surface area contributed by atoms with E-state index in [1.165, 1.54) is 15.5 Å². The number of amides is 2. The Morgan fingerprint density at radius 3 is 2.67 bits per heavy atom. The van der Waals surface area contributed by atoms with Crippen LogP contribution >= 0.6 is 23.2 Å². The van der Waals surface area contributed by atoms with E-state index in [0.717, 1.165) is 0 Å². The number of halogens is 2. The molecule has 0 spiro atoms. The van der Waals surface area contributed by atoms with Crippen LogP contribution in [0.2, 0.25) is 10.0 Å². The summed E-state index contributed by atoms with van der Waals surface area (Å²) in [6.45, 7) is 2.39. The highest BCUT2D eigenvalue weighted by atomic mass is 35.5. The van der Waals surface area contributed by atoms with Gasteiger partial charge in [-0.1, -0.05) is 42.3 Å². The highest BCUT2D eigenvalue weighted by molar-refractivity contribution is 6.36. The summed E-state index contributed by atoms with van der Waals surface area (Å²) < 4.78 is 6.61. The van der Waals surface area contributed by atoms with E-state index in [-0.39, 0.29) is 31.3 Å². The SMILES string of the molecule is CCCN(CC(=O)Nc1ccc(Cl)cc1Cl)C(=O)CCn1c(=O)oc2ccccc21. The molecule has 0 aliphatic heterocycles. The molecule has 0 saturated carbocycles. The standard InChI is InChI=1S/C21H21Cl2N3O4/c1-2-10-25(13-19(27)24-16-8-7-14(22)12-15(16)23)20(28)9-11-26-17-5-3-4-6-18(17)30-21(26)29/h3-8,12H,2,9-11,13H2,1H3,(H,24,27). The van der Waals surface area contributed by atoms with Gasteiger partial charge in [0.15, 0.2) is 5.58 Å². The smallest absolute Gasteiger partial charge is 0.408 e. The number of aryl methyl sites for hydroxylation is 1. The number of carbonyl (C=O) groups excluding carboxylic acids is 2. The van der Waals surface area contributed by atoms with Gasteiger partial charge in [-0.2, -0.15) is 0 Å². The lowest BCUT2D eigenvalue weighted by Gasteiger charge is -2.22. The van der Waals surface area contributed by atoms with Gasteiger partial charge < -0.3 is 14.6 Å². The molecule has 0 unspecified atom stereocenters. The van der Waals surface area contributed by atoms with Crippen molar-refractivity contribution in [1.29, 1.82) is 0 Å². The number of para-hydroxylation sites is 2. The number of hydrogen-bond acceptors (Lipinski definition) is 4. The van der Waals surface area contributed by atoms with Gasteiger partial charge in [0.25, 0.3) is 0 Å². The molecule has 158 valence electrons. The van der Waals surface area contributed by atoms with Gasteiger partial charge in [0.05, 0.1) is 22.8 Å². The van der Waals surface area contributed by atoms with Crippen LogP contribution in [0.25, 0.3) is 11.1 Å². The highest BCUT2D eigenvalue weighted by Gasteiger charge is 2.18. The first-order chi connectivity index (χ1) is 14.4. The van der Waals surface area contributed by atoms with Gasteiger partial charge in [-0.15, -0.1) is 0 Å². The number of benzene rings is 2. The first-order valence-corrected chi connectivity index (χ1v) is 10.3. The third-order valence-corrected chi connectivity index (χ3v) is 5.06. The second-order valence-electron chi connectivity index (χ2n) is 6.72. The van der Waals surface area contributed by atoms with Gasteiger partial charge in [-0.05, 0) is 36.8 Å². The van der Waals surface area contributed by atoms with Crippen LogP contribution in [-0.2, 0) is 16.1 Å². The molecule has 1 aromatic heterocycles. The number of anilines is 1. The first kappa shape index (κ1) is 21.9. The normalized spacial score (nSPS) is 10.9. The van der Waals surface area contributed by atoms with E-state index in [0.29, 0.717) is 39.8 Å². The Balaban J connectivity index is 1.64. The van der Waals surface area contributed by atoms with Gasteiger partial charge in [0.2, 0.25) is 11.8 Å². The molecule has 2 aromatic carbocycles. The summed E-state index contributed by atoms with van der Waals surface area (Å²) in [5.74, 6) is -1.11. The van der Waals surface area contributed by atoms with Crippen molar-refractivity contribution in [2.24, 2.45) is 0 Å². The van der Waals surface area contributed by atoms with Gasteiger partial charge in [-0.3, -0.25) is 14.2 Å². The van der Waals surface area contributed by atoms with E-state index < -0.39 is 5.76 Å². The summed E-state index contributed by atoms with van der Waals surface area (Å²) in [6.07, 6.45) is 0.758. The largest absolute Gasteiger partial charge is 0.419 e. The van der Waals surface area contributed by atoms with E-state index in [2.05, 4.69) is 5.32 Å². The molecule has 3 aromatic rings. The molecular weight excluding hydrogens is 429 g/mol. The molecule has 30 heavy (non-hydrogen) atoms. The zero-order chi connectivity index (χ0) is 21.7. The average Bonchev–Trinajstić information content (AvgIpc) is 3.03. The Kier molecular flexibility index (Phi) is 7.18. The van der Waals surface area contributed by atoms with E-state index >= 15 is 0 Å². The zero-order valence-corrected chi connectivity index (χ0v) is 17.9. The predicted molar refractivity (Wildman–Crippen MR) is 117 cm³/mol. The maximum absolute atomic E-state index is 12.7. The summed E-state index contributed by atoms with van der Waals surface area (Å²) in [6, 6.07) is 11.8. The topological polar surface area (TPSA) is 84.5 Å². The maximum Gasteiger partial charge on any atom is 0.419 e. The lowest BCUT2D eigenvalue weighted by molar-refractivity contribution is -0.134. The monoisotopic (exact) mass is 449 g/mol. The number of rotatable bonds is 8. The number of aromatic nitrogens is 1. The average molecular weight is 450 g/mol. The Morgan fingerprint density at radius 2 is 1.93 bits per heavy atom. The molecule has 1 heterocycles. The molecule has 1 N–H and O–H groups in total. The summed E-state index contributed by atoms with van der Waals surface area (Å²) >= 11 is 11.9. The van der Waals surface area contributed by atoms with Crippen molar-refractivity contribution in [3.63, 3.8) is 0 Å². The minimum absolute atomic E-state index is 0.0679. The number of hydrogen-bond donors (Lipinski definition) is 1. The summed E-state index contributed by atoms with van der Waals surface area (Å²) in [5.41, 5.74) is 1.53. The lowest BCUT2D eigenvalue weighted by Crippen LogP contribution is -2.39. The van der Waals surface area contributed by atoms with E-state index in [1.807, 2.05) is 6.92 Å². The molecule has 0 fully saturated rings. The summed E-state index contributed by atoms with van der Waals surface area (Å²) in [5, 5.41) is 3.47. The molecular formula is C21H21Cl2N3O4. The van der Waals surface area contributed by atoms with E-state index in [1.54, 1.807) is 36.4 Å². The highest BCUT2D eigenvalue weighted by Crippen LogP contribution is 2.25. The molecule has 0 aliphatic carbocycles. The molecule has 3 rings (SSSR count). The van der Waals surface area contributed by atoms with Gasteiger partial charge in [0.1, 0.15) is 0 Å². The molecule has 0 radical (unpaired) electrons. The third kappa shape index (κ3) is 5.23. The van der Waals surface area contributed by atoms with E-state index in [4.69, 9.17) is 27.6 Å². The number of fused-ring (bicyclic) bond motifs is 1. The molecule has 0 aliphatic rings. The molecule has 7 nitrogen and oxygen atoms in total. The number of carbonyl (C=O) groups is 2. The summed E-state index contributed by atoms with van der Waals surface area (Å²) in [4.78, 5) is 38.7. The van der Waals surface area contributed by atoms with Crippen molar-refractivity contribution < 1.29 is 14.0 Å². The minimum Gasteiger partial charge on any atom is -0.408 e. The molecule has 0 bridgehead atoms. The second-order valence-corrected chi connectivity index (χ2v) is 7.57. The van der Waals surface area contributed by atoms with Crippen molar-refractivity contribution >= 4 is 51.8 Å². The second kappa shape index (κ2) is 9.82. The van der Waals surface area contributed by atoms with Crippen molar-refractivity contribution in [2.75, 3.05) is 18.4 Å². The van der Waals surface area contributed by atoms with Gasteiger partial charge in [0, 0.05) is 24.5 Å². The third-order valence-electron chi connectivity index (χ3n) is 4.51. The van der Waals surface area contributed by atoms with Crippen molar-refractivity contribution in [2.45, 2.75) is 26.3 Å². The fourth-order valence-electron chi connectivity index (χ4n) is 3.11. The minimum atomic E-state index is -0.513. The van der Waals surface area contributed by atoms with Crippen LogP contribution in [0.3, 0.4) is 0 Å². The van der Waals surface area contributed by atoms with Crippen LogP contribution in [-0.4, -0.2) is 34.4 Å². The van der Waals surface area contributed by atoms with Crippen LogP contribution in [0, 0.1) is 0 Å². The zero-order valence-electron chi connectivity index (χ0n) is 16.4. The van der Waals surface area contributed by atoms with Crippen LogP contribution < -0.4 is 11.1 Å². The van der Waals surface area contributed by atoms with E-state index in [9.17, 15) is 14.4 Å². The molecule has 9 heteroatoms. The number of nitrogens with zero attached hydrogens (tertiary/aromatic N) is 2. The van der Waals surface area contributed by atoms with Crippen LogP contribution in [0.4, 0.5) is 5.69 Å². The summed E-state index contributed by atoms with van der Waals surface area (Å²) in [7, 11) is 0. The van der Waals surface area contributed by atoms with Crippen molar-refractivity contribution in [3.05, 3.63) is 63.1 Å². The Labute approximate surface area is 183 Å². The van der Waals surface area contributed by atoms with Crippen molar-refractivity contribution in [3.8, 4) is 0 Å². The molecule has 0 atom stereocenters. The quantitative estimate of drug-likeness (QED) is 0.559. The Morgan fingerprint density at radius 1 is 1.17 bits per heavy atom. The fourth-order valence-corrected chi connectivity index (χ4v) is 3.56.